The van der Waals surface area contributed by atoms with Gasteiger partial charge in [-0.1, -0.05) is 164 Å². The summed E-state index contributed by atoms with van der Waals surface area (Å²) >= 11 is 0. The first-order chi connectivity index (χ1) is 30.9. The summed E-state index contributed by atoms with van der Waals surface area (Å²) in [6.07, 6.45) is 0. The van der Waals surface area contributed by atoms with E-state index in [0.717, 1.165) is 6.07 Å². The largest absolute Gasteiger partial charge is 0.278 e. The summed E-state index contributed by atoms with van der Waals surface area (Å²) in [5, 5.41) is 9.18. The Hall–Kier alpha value is -3.69. The molecule has 0 heterocycles. The van der Waals surface area contributed by atoms with Crippen LogP contribution in [0.15, 0.2) is 212 Å². The second-order valence-electron chi connectivity index (χ2n) is 13.7. The summed E-state index contributed by atoms with van der Waals surface area (Å²) in [6, 6.07) is 74.7. The second-order valence-corrected chi connectivity index (χ2v) is 22.6. The molecule has 8 rings (SSSR count). The molecule has 0 amide bonds. The van der Waals surface area contributed by atoms with Crippen LogP contribution in [-0.4, -0.2) is 0 Å². The van der Waals surface area contributed by atoms with Gasteiger partial charge in [-0.15, -0.1) is 16.3 Å². The smallest absolute Gasteiger partial charge is 0.0893 e. The monoisotopic (exact) mass is 1350 g/mol. The normalized spacial score (nSPS) is 10.7. The van der Waals surface area contributed by atoms with Crippen LogP contribution in [0.4, 0.5) is 22.0 Å². The molecule has 0 aliphatic rings. The fourth-order valence-electron chi connectivity index (χ4n) is 5.83. The number of rotatable bonds is 7. The molecule has 0 saturated heterocycles. The van der Waals surface area contributed by atoms with Gasteiger partial charge in [-0.25, -0.2) is 31.8 Å². The van der Waals surface area contributed by atoms with Gasteiger partial charge in [0.2, 0.25) is 0 Å². The van der Waals surface area contributed by atoms with Gasteiger partial charge in [-0.2, -0.15) is 41.2 Å². The first kappa shape index (κ1) is 59.4. The third-order valence-electron chi connectivity index (χ3n) is 9.04. The third kappa shape index (κ3) is 19.3. The van der Waals surface area contributed by atoms with Crippen molar-refractivity contribution in [3.63, 3.8) is 0 Å². The number of benzene rings is 8. The molecular weight excluding hydrogens is 1310 g/mol. The van der Waals surface area contributed by atoms with Crippen LogP contribution in [0.3, 0.4) is 0 Å². The van der Waals surface area contributed by atoms with Crippen molar-refractivity contribution in [3.05, 3.63) is 274 Å². The van der Waals surface area contributed by atoms with Crippen LogP contribution in [-0.2, 0) is 44.8 Å². The zero-order chi connectivity index (χ0) is 47.5. The van der Waals surface area contributed by atoms with Crippen molar-refractivity contribution in [3.8, 4) is 0 Å². The standard InChI is InChI=1S/C18H15P.2C14H14P.C6F5.2Au.ClHO4/c1-4-10-16(11-5-1)19(17-12-6-2-7-13-17)18-14-8-3-9-15-18;2*1-15(2,13-9-5-3-6-10-13)14-11-7-4-8-12-14;7-2-1-3(8)5(10)6(11)4(2)9;;;2-1(3,4)5/h1-15H;2*3-12H,1-2H2;;;;(H,2,3,4,5)/q;3*-1;;;/p-1. The maximum absolute atomic E-state index is 12.0. The first-order valence-corrected chi connectivity index (χ1v) is 26.2. The molecule has 0 N–H and O–H groups in total. The quantitative estimate of drug-likeness (QED) is 0.0418. The molecule has 0 atom stereocenters. The van der Waals surface area contributed by atoms with E-state index in [1.54, 1.807) is 0 Å². The van der Waals surface area contributed by atoms with E-state index in [0.29, 0.717) is 0 Å². The fourth-order valence-corrected chi connectivity index (χ4v) is 11.7. The fraction of sp³-hybridized carbons (Fsp3) is 0. The van der Waals surface area contributed by atoms with Crippen LogP contribution < -0.4 is 55.8 Å². The molecule has 0 aliphatic carbocycles. The van der Waals surface area contributed by atoms with E-state index in [-0.39, 0.29) is 44.8 Å². The summed E-state index contributed by atoms with van der Waals surface area (Å²) in [5.41, 5.74) is 0. The van der Waals surface area contributed by atoms with E-state index in [9.17, 15) is 22.0 Å². The third-order valence-corrected chi connectivity index (χ3v) is 16.6. The molecule has 8 aromatic carbocycles. The Bertz CT molecular complexity index is 2300. The molecule has 2 radical (unpaired) electrons. The van der Waals surface area contributed by atoms with Crippen molar-refractivity contribution in [2.24, 2.45) is 0 Å². The molecule has 0 unspecified atom stereocenters. The Labute approximate surface area is 426 Å². The van der Waals surface area contributed by atoms with E-state index < -0.39 is 61.8 Å². The topological polar surface area (TPSA) is 92.2 Å². The molecule has 358 valence electrons. The van der Waals surface area contributed by atoms with Gasteiger partial charge in [-0.3, -0.25) is 8.78 Å². The molecule has 8 aromatic rings. The maximum atomic E-state index is 12.0. The van der Waals surface area contributed by atoms with E-state index in [1.165, 1.54) is 37.1 Å². The van der Waals surface area contributed by atoms with Gasteiger partial charge in [0.15, 0.2) is 0 Å². The van der Waals surface area contributed by atoms with Crippen molar-refractivity contribution < 1.29 is 95.6 Å². The Morgan fingerprint density at radius 2 is 0.522 bits per heavy atom. The zero-order valence-corrected chi connectivity index (χ0v) is 43.2. The van der Waals surface area contributed by atoms with Gasteiger partial charge >= 0.3 is 0 Å². The SMILES string of the molecule is Fc1[c-]c(F)c(F)c(F)c1F.[Au].[Au].[CH2-][P+]([CH2-])(c1ccccc1)c1ccccc1.[CH2-][P+]([CH2-])(c1ccccc1)c1ccccc1.[O-][Cl+3]([O-])([O-])[O-].c1ccc(P(c2ccccc2)c2ccccc2)cc1. The summed E-state index contributed by atoms with van der Waals surface area (Å²) in [4.78, 5) is 0. The predicted molar refractivity (Wildman–Crippen MR) is 250 cm³/mol. The number of hydrogen-bond acceptors (Lipinski definition) is 4. The molecule has 0 aromatic heterocycles. The average molecular weight is 1350 g/mol. The van der Waals surface area contributed by atoms with E-state index in [4.69, 9.17) is 18.6 Å². The minimum absolute atomic E-state index is 0. The molecule has 0 saturated carbocycles. The molecule has 15 heteroatoms. The van der Waals surface area contributed by atoms with Crippen LogP contribution in [0.25, 0.3) is 0 Å². The molecular formula is C52H43Au2ClF5O4P3-4. The minimum Gasteiger partial charge on any atom is -0.278 e. The molecule has 0 fully saturated rings. The predicted octanol–water partition coefficient (Wildman–Crippen LogP) is 7.34. The maximum Gasteiger partial charge on any atom is 0.0893 e. The minimum atomic E-state index is -4.94. The van der Waals surface area contributed by atoms with Crippen molar-refractivity contribution in [1.29, 1.82) is 0 Å². The Morgan fingerprint density at radius 3 is 0.716 bits per heavy atom. The van der Waals surface area contributed by atoms with Gasteiger partial charge in [0.1, 0.15) is 0 Å². The molecule has 67 heavy (non-hydrogen) atoms. The summed E-state index contributed by atoms with van der Waals surface area (Å²) in [7, 11) is -8.68. The van der Waals surface area contributed by atoms with Crippen LogP contribution in [0.2, 0.25) is 0 Å². The Morgan fingerprint density at radius 1 is 0.343 bits per heavy atom. The first-order valence-electron chi connectivity index (χ1n) is 19.3. The van der Waals surface area contributed by atoms with Gasteiger partial charge in [0.05, 0.1) is 29.1 Å². The second kappa shape index (κ2) is 29.4. The van der Waals surface area contributed by atoms with Gasteiger partial charge in [0, 0.05) is 66.0 Å². The van der Waals surface area contributed by atoms with Gasteiger partial charge in [0.25, 0.3) is 0 Å². The Kier molecular flexibility index (Phi) is 26.0. The van der Waals surface area contributed by atoms with Crippen LogP contribution in [0, 0.1) is 72.1 Å². The summed E-state index contributed by atoms with van der Waals surface area (Å²) in [6.45, 7) is 17.2. The van der Waals surface area contributed by atoms with E-state index in [1.807, 2.05) is 72.8 Å². The molecule has 0 aliphatic heterocycles. The van der Waals surface area contributed by atoms with E-state index in [2.05, 4.69) is 166 Å². The van der Waals surface area contributed by atoms with E-state index >= 15 is 0 Å². The molecule has 0 spiro atoms. The van der Waals surface area contributed by atoms with Crippen molar-refractivity contribution in [2.45, 2.75) is 0 Å². The number of hydrogen-bond donors (Lipinski definition) is 0. The zero-order valence-electron chi connectivity index (χ0n) is 35.4. The summed E-state index contributed by atoms with van der Waals surface area (Å²) < 4.78 is 93.8. The Balaban J connectivity index is 0.000000298. The van der Waals surface area contributed by atoms with Crippen LogP contribution in [0.5, 0.6) is 0 Å². The van der Waals surface area contributed by atoms with Crippen molar-refractivity contribution >= 4 is 59.6 Å². The number of halogens is 6. The van der Waals surface area contributed by atoms with Crippen molar-refractivity contribution in [2.75, 3.05) is 0 Å². The van der Waals surface area contributed by atoms with Crippen LogP contribution in [0.1, 0.15) is 0 Å². The molecule has 0 bridgehead atoms. The summed E-state index contributed by atoms with van der Waals surface area (Å²) in [5.74, 6) is -10.0. The average Bonchev–Trinajstić information content (AvgIpc) is 3.33. The van der Waals surface area contributed by atoms with Crippen LogP contribution >= 0.6 is 22.4 Å². The van der Waals surface area contributed by atoms with Crippen molar-refractivity contribution in [1.82, 2.24) is 0 Å². The van der Waals surface area contributed by atoms with Gasteiger partial charge < -0.3 is 0 Å². The van der Waals surface area contributed by atoms with Gasteiger partial charge in [-0.05, 0) is 72.4 Å². The molecule has 4 nitrogen and oxygen atoms in total.